The molecule has 1 aliphatic rings. The number of nitrogens with zero attached hydrogens (tertiary/aromatic N) is 2. The summed E-state index contributed by atoms with van der Waals surface area (Å²) in [6.45, 7) is 7.19. The molecule has 0 bridgehead atoms. The molecule has 1 aromatic carbocycles. The first kappa shape index (κ1) is 17.3. The number of benzene rings is 1. The molecule has 6 nitrogen and oxygen atoms in total. The molecule has 0 spiro atoms. The van der Waals surface area contributed by atoms with E-state index in [0.29, 0.717) is 19.5 Å². The van der Waals surface area contributed by atoms with E-state index in [9.17, 15) is 9.59 Å². The standard InChI is InChI=1S/C17H25N3O3/c1-17(2,3)20(18-14-7-5-4-6-8-14)15(21)12-19-10-9-13(11-19)16(22)23/h4-8,13,18H,9-12H2,1-3H3,(H,22,23). The summed E-state index contributed by atoms with van der Waals surface area (Å²) < 4.78 is 0. The lowest BCUT2D eigenvalue weighted by atomic mass is 10.1. The van der Waals surface area contributed by atoms with Gasteiger partial charge in [-0.2, -0.15) is 0 Å². The van der Waals surface area contributed by atoms with E-state index in [1.165, 1.54) is 0 Å². The number of carbonyl (C=O) groups excluding carboxylic acids is 1. The van der Waals surface area contributed by atoms with Crippen LogP contribution < -0.4 is 5.43 Å². The number of para-hydroxylation sites is 1. The molecule has 23 heavy (non-hydrogen) atoms. The van der Waals surface area contributed by atoms with Crippen LogP contribution in [0.4, 0.5) is 5.69 Å². The van der Waals surface area contributed by atoms with Gasteiger partial charge in [-0.25, -0.2) is 5.01 Å². The number of nitrogens with one attached hydrogen (secondary N) is 1. The summed E-state index contributed by atoms with van der Waals surface area (Å²) in [4.78, 5) is 25.6. The molecular weight excluding hydrogens is 294 g/mol. The normalized spacial score (nSPS) is 18.7. The van der Waals surface area contributed by atoms with Crippen molar-refractivity contribution in [2.24, 2.45) is 5.92 Å². The third-order valence-electron chi connectivity index (χ3n) is 3.92. The minimum atomic E-state index is -0.782. The van der Waals surface area contributed by atoms with Crippen LogP contribution in [0.5, 0.6) is 0 Å². The quantitative estimate of drug-likeness (QED) is 0.813. The Bertz CT molecular complexity index is 554. The Labute approximate surface area is 137 Å². The Morgan fingerprint density at radius 3 is 2.48 bits per heavy atom. The fraction of sp³-hybridized carbons (Fsp3) is 0.529. The van der Waals surface area contributed by atoms with Crippen molar-refractivity contribution in [1.82, 2.24) is 9.91 Å². The number of hydrogen-bond acceptors (Lipinski definition) is 4. The number of rotatable bonds is 5. The first-order valence-corrected chi connectivity index (χ1v) is 7.87. The van der Waals surface area contributed by atoms with Gasteiger partial charge in [-0.05, 0) is 45.9 Å². The minimum absolute atomic E-state index is 0.0626. The van der Waals surface area contributed by atoms with Crippen LogP contribution in [0.1, 0.15) is 27.2 Å². The van der Waals surface area contributed by atoms with Gasteiger partial charge < -0.3 is 5.11 Å². The zero-order valence-electron chi connectivity index (χ0n) is 14.0. The van der Waals surface area contributed by atoms with Gasteiger partial charge in [0, 0.05) is 6.54 Å². The summed E-state index contributed by atoms with van der Waals surface area (Å²) in [6, 6.07) is 9.55. The summed E-state index contributed by atoms with van der Waals surface area (Å²) in [6.07, 6.45) is 0.601. The second kappa shape index (κ2) is 7.00. The van der Waals surface area contributed by atoms with Crippen LogP contribution in [0, 0.1) is 5.92 Å². The van der Waals surface area contributed by atoms with Crippen LogP contribution in [0.2, 0.25) is 0 Å². The molecule has 0 radical (unpaired) electrons. The van der Waals surface area contributed by atoms with Gasteiger partial charge in [0.1, 0.15) is 0 Å². The maximum atomic E-state index is 12.7. The molecule has 1 aliphatic heterocycles. The van der Waals surface area contributed by atoms with Crippen molar-refractivity contribution in [2.45, 2.75) is 32.7 Å². The third kappa shape index (κ3) is 4.69. The smallest absolute Gasteiger partial charge is 0.307 e. The molecule has 1 unspecified atom stereocenters. The fourth-order valence-electron chi connectivity index (χ4n) is 2.69. The molecule has 2 N–H and O–H groups in total. The van der Waals surface area contributed by atoms with E-state index >= 15 is 0 Å². The third-order valence-corrected chi connectivity index (χ3v) is 3.92. The fourth-order valence-corrected chi connectivity index (χ4v) is 2.69. The number of likely N-dealkylation sites (tertiary alicyclic amines) is 1. The van der Waals surface area contributed by atoms with E-state index in [1.807, 2.05) is 56.0 Å². The SMILES string of the molecule is CC(C)(C)N(Nc1ccccc1)C(=O)CN1CCC(C(=O)O)C1. The van der Waals surface area contributed by atoms with Crippen LogP contribution in [-0.2, 0) is 9.59 Å². The van der Waals surface area contributed by atoms with Crippen LogP contribution >= 0.6 is 0 Å². The molecule has 1 fully saturated rings. The summed E-state index contributed by atoms with van der Waals surface area (Å²) >= 11 is 0. The van der Waals surface area contributed by atoms with Gasteiger partial charge in [0.15, 0.2) is 0 Å². The van der Waals surface area contributed by atoms with Crippen LogP contribution in [0.25, 0.3) is 0 Å². The lowest BCUT2D eigenvalue weighted by Crippen LogP contribution is -2.52. The molecule has 1 atom stereocenters. The van der Waals surface area contributed by atoms with Crippen LogP contribution in [0.3, 0.4) is 0 Å². The molecule has 1 amide bonds. The van der Waals surface area contributed by atoms with Crippen LogP contribution in [0.15, 0.2) is 30.3 Å². The second-order valence-electron chi connectivity index (χ2n) is 6.94. The lowest BCUT2D eigenvalue weighted by molar-refractivity contribution is -0.142. The predicted octanol–water partition coefficient (Wildman–Crippen LogP) is 2.05. The van der Waals surface area contributed by atoms with Crippen molar-refractivity contribution in [3.8, 4) is 0 Å². The molecule has 1 heterocycles. The average Bonchev–Trinajstić information content (AvgIpc) is 2.93. The Morgan fingerprint density at radius 2 is 1.96 bits per heavy atom. The zero-order chi connectivity index (χ0) is 17.0. The van der Waals surface area contributed by atoms with Crippen molar-refractivity contribution in [3.63, 3.8) is 0 Å². The van der Waals surface area contributed by atoms with Crippen molar-refractivity contribution in [1.29, 1.82) is 0 Å². The van der Waals surface area contributed by atoms with Gasteiger partial charge in [0.25, 0.3) is 5.91 Å². The van der Waals surface area contributed by atoms with Gasteiger partial charge >= 0.3 is 5.97 Å². The molecular formula is C17H25N3O3. The lowest BCUT2D eigenvalue weighted by Gasteiger charge is -2.37. The molecule has 1 aromatic rings. The minimum Gasteiger partial charge on any atom is -0.481 e. The van der Waals surface area contributed by atoms with E-state index in [0.717, 1.165) is 5.69 Å². The molecule has 0 aromatic heterocycles. The number of hydrogen-bond donors (Lipinski definition) is 2. The van der Waals surface area contributed by atoms with Gasteiger partial charge in [0.05, 0.1) is 23.7 Å². The Kier molecular flexibility index (Phi) is 5.26. The average molecular weight is 319 g/mol. The van der Waals surface area contributed by atoms with E-state index in [4.69, 9.17) is 5.11 Å². The van der Waals surface area contributed by atoms with E-state index in [2.05, 4.69) is 5.43 Å². The van der Waals surface area contributed by atoms with Crippen molar-refractivity contribution < 1.29 is 14.7 Å². The topological polar surface area (TPSA) is 72.9 Å². The summed E-state index contributed by atoms with van der Waals surface area (Å²) in [5.41, 5.74) is 3.63. The summed E-state index contributed by atoms with van der Waals surface area (Å²) in [5.74, 6) is -1.21. The Balaban J connectivity index is 2.02. The number of carboxylic acids is 1. The molecule has 6 heteroatoms. The number of anilines is 1. The van der Waals surface area contributed by atoms with Crippen molar-refractivity contribution in [2.75, 3.05) is 25.1 Å². The molecule has 1 saturated heterocycles. The molecule has 0 saturated carbocycles. The Morgan fingerprint density at radius 1 is 1.30 bits per heavy atom. The molecule has 0 aliphatic carbocycles. The number of aliphatic carboxylic acids is 1. The number of hydrazine groups is 1. The highest BCUT2D eigenvalue weighted by Gasteiger charge is 2.32. The number of carboxylic acid groups (broad SMARTS) is 1. The highest BCUT2D eigenvalue weighted by molar-refractivity contribution is 5.80. The largest absolute Gasteiger partial charge is 0.481 e. The monoisotopic (exact) mass is 319 g/mol. The first-order valence-electron chi connectivity index (χ1n) is 7.87. The maximum absolute atomic E-state index is 12.7. The van der Waals surface area contributed by atoms with Crippen LogP contribution in [-0.4, -0.2) is 52.1 Å². The van der Waals surface area contributed by atoms with Crippen molar-refractivity contribution in [3.05, 3.63) is 30.3 Å². The second-order valence-corrected chi connectivity index (χ2v) is 6.94. The Hall–Kier alpha value is -2.08. The van der Waals surface area contributed by atoms with Gasteiger partial charge in [-0.3, -0.25) is 19.9 Å². The van der Waals surface area contributed by atoms with E-state index in [-0.39, 0.29) is 18.4 Å². The molecule has 126 valence electrons. The van der Waals surface area contributed by atoms with Gasteiger partial charge in [-0.15, -0.1) is 0 Å². The highest BCUT2D eigenvalue weighted by atomic mass is 16.4. The summed E-state index contributed by atoms with van der Waals surface area (Å²) in [5, 5.41) is 10.7. The van der Waals surface area contributed by atoms with Crippen molar-refractivity contribution >= 4 is 17.6 Å². The van der Waals surface area contributed by atoms with Gasteiger partial charge in [-0.1, -0.05) is 18.2 Å². The number of amides is 1. The predicted molar refractivity (Wildman–Crippen MR) is 88.8 cm³/mol. The van der Waals surface area contributed by atoms with Gasteiger partial charge in [0.2, 0.25) is 0 Å². The maximum Gasteiger partial charge on any atom is 0.307 e. The highest BCUT2D eigenvalue weighted by Crippen LogP contribution is 2.20. The number of carbonyl (C=O) groups is 2. The molecule has 2 rings (SSSR count). The van der Waals surface area contributed by atoms with E-state index < -0.39 is 11.5 Å². The summed E-state index contributed by atoms with van der Waals surface area (Å²) in [7, 11) is 0. The van der Waals surface area contributed by atoms with E-state index in [1.54, 1.807) is 5.01 Å². The first-order chi connectivity index (χ1) is 10.8. The zero-order valence-corrected chi connectivity index (χ0v) is 14.0.